The minimum absolute atomic E-state index is 0.283. The van der Waals surface area contributed by atoms with Crippen molar-refractivity contribution >= 4 is 11.4 Å². The van der Waals surface area contributed by atoms with Gasteiger partial charge in [-0.1, -0.05) is 29.8 Å². The Kier molecular flexibility index (Phi) is 6.00. The molecule has 1 saturated heterocycles. The van der Waals surface area contributed by atoms with E-state index in [1.165, 1.54) is 22.3 Å². The number of carbonyl (C=O) groups is 1. The third-order valence-electron chi connectivity index (χ3n) is 5.94. The number of rotatable bonds is 5. The summed E-state index contributed by atoms with van der Waals surface area (Å²) in [6.45, 7) is 5.35. The normalized spacial score (nSPS) is 16.5. The van der Waals surface area contributed by atoms with Crippen molar-refractivity contribution in [1.82, 2.24) is 4.90 Å². The van der Waals surface area contributed by atoms with E-state index in [9.17, 15) is 4.79 Å². The molecule has 4 heteroatoms. The molecule has 29 heavy (non-hydrogen) atoms. The Morgan fingerprint density at radius 2 is 1.90 bits per heavy atom. The average Bonchev–Trinajstić information content (AvgIpc) is 2.90. The number of piperidine rings is 1. The van der Waals surface area contributed by atoms with Crippen LogP contribution < -0.4 is 9.47 Å². The highest BCUT2D eigenvalue weighted by Crippen LogP contribution is 2.42. The number of benzene rings is 2. The summed E-state index contributed by atoms with van der Waals surface area (Å²) in [7, 11) is 1.71. The lowest BCUT2D eigenvalue weighted by molar-refractivity contribution is -0.117. The maximum Gasteiger partial charge on any atom is 0.129 e. The van der Waals surface area contributed by atoms with Crippen molar-refractivity contribution in [3.8, 4) is 11.5 Å². The molecule has 2 aliphatic heterocycles. The summed E-state index contributed by atoms with van der Waals surface area (Å²) in [6, 6.07) is 14.7. The first kappa shape index (κ1) is 19.7. The molecule has 0 bridgehead atoms. The number of carbonyl (C=O) groups excluding carboxylic acids is 1. The van der Waals surface area contributed by atoms with E-state index < -0.39 is 0 Å². The van der Waals surface area contributed by atoms with Crippen LogP contribution in [0.25, 0.3) is 5.57 Å². The molecule has 2 aromatic rings. The van der Waals surface area contributed by atoms with Crippen LogP contribution in [0.15, 0.2) is 48.0 Å². The maximum absolute atomic E-state index is 11.2. The number of ether oxygens (including phenoxy) is 2. The zero-order chi connectivity index (χ0) is 20.2. The topological polar surface area (TPSA) is 38.8 Å². The molecule has 0 aromatic heterocycles. The fourth-order valence-corrected chi connectivity index (χ4v) is 4.38. The van der Waals surface area contributed by atoms with Gasteiger partial charge in [0.2, 0.25) is 0 Å². The van der Waals surface area contributed by atoms with Crippen molar-refractivity contribution in [2.45, 2.75) is 39.2 Å². The fourth-order valence-electron chi connectivity index (χ4n) is 4.38. The van der Waals surface area contributed by atoms with Crippen LogP contribution in [0.2, 0.25) is 0 Å². The number of hydrogen-bond acceptors (Lipinski definition) is 4. The van der Waals surface area contributed by atoms with Crippen LogP contribution in [-0.2, 0) is 11.4 Å². The lowest BCUT2D eigenvalue weighted by Gasteiger charge is -2.30. The number of likely N-dealkylation sites (tertiary alicyclic amines) is 1. The number of Topliss-reactive ketones (excluding diaryl/α,β-unsaturated/α-hetero) is 1. The Morgan fingerprint density at radius 3 is 2.66 bits per heavy atom. The molecule has 2 aliphatic rings. The number of methoxy groups -OCH3 is 1. The van der Waals surface area contributed by atoms with Gasteiger partial charge in [-0.15, -0.1) is 0 Å². The summed E-state index contributed by atoms with van der Waals surface area (Å²) < 4.78 is 11.7. The predicted molar refractivity (Wildman–Crippen MR) is 115 cm³/mol. The van der Waals surface area contributed by atoms with Crippen LogP contribution in [0.1, 0.15) is 49.3 Å². The molecule has 0 atom stereocenters. The second-order valence-electron chi connectivity index (χ2n) is 7.93. The number of fused-ring (bicyclic) bond motifs is 2. The summed E-state index contributed by atoms with van der Waals surface area (Å²) in [4.78, 5) is 13.7. The van der Waals surface area contributed by atoms with E-state index in [1.807, 2.05) is 12.1 Å². The lowest BCUT2D eigenvalue weighted by atomic mass is 9.86. The number of ketones is 1. The first-order valence-electron chi connectivity index (χ1n) is 10.5. The van der Waals surface area contributed by atoms with Gasteiger partial charge in [-0.25, -0.2) is 0 Å². The van der Waals surface area contributed by atoms with Crippen molar-refractivity contribution in [3.63, 3.8) is 0 Å². The Hall–Kier alpha value is -2.59. The standard InChI is InChI=1S/C25H29NO3/c1-18(27)6-5-13-26-14-11-19(12-15-26)25-22-8-4-3-7-20(22)17-29-24-10-9-21(28-2)16-23(24)25/h3-4,7-10,16H,5-6,11-15,17H2,1-2H3. The number of hydrogen-bond donors (Lipinski definition) is 0. The van der Waals surface area contributed by atoms with E-state index in [-0.39, 0.29) is 5.78 Å². The first-order valence-corrected chi connectivity index (χ1v) is 10.5. The Bertz CT molecular complexity index is 921. The van der Waals surface area contributed by atoms with Gasteiger partial charge in [0, 0.05) is 25.1 Å². The molecule has 0 amide bonds. The van der Waals surface area contributed by atoms with Gasteiger partial charge in [0.05, 0.1) is 7.11 Å². The quantitative estimate of drug-likeness (QED) is 0.730. The van der Waals surface area contributed by atoms with Gasteiger partial charge in [-0.3, -0.25) is 0 Å². The third-order valence-corrected chi connectivity index (χ3v) is 5.94. The summed E-state index contributed by atoms with van der Waals surface area (Å²) in [5.41, 5.74) is 6.44. The molecule has 2 aromatic carbocycles. The molecular formula is C25H29NO3. The summed E-state index contributed by atoms with van der Waals surface area (Å²) in [5.74, 6) is 2.06. The highest BCUT2D eigenvalue weighted by molar-refractivity contribution is 5.87. The van der Waals surface area contributed by atoms with Crippen LogP contribution in [0.5, 0.6) is 11.5 Å². The van der Waals surface area contributed by atoms with E-state index in [0.717, 1.165) is 56.0 Å². The fraction of sp³-hybridized carbons (Fsp3) is 0.400. The van der Waals surface area contributed by atoms with Gasteiger partial charge in [-0.05, 0) is 67.6 Å². The molecule has 4 rings (SSSR count). The highest BCUT2D eigenvalue weighted by Gasteiger charge is 2.25. The van der Waals surface area contributed by atoms with Crippen LogP contribution in [-0.4, -0.2) is 37.4 Å². The van der Waals surface area contributed by atoms with Crippen LogP contribution in [0.4, 0.5) is 0 Å². The molecule has 1 fully saturated rings. The van der Waals surface area contributed by atoms with Crippen molar-refractivity contribution in [3.05, 3.63) is 64.7 Å². The van der Waals surface area contributed by atoms with E-state index in [4.69, 9.17) is 9.47 Å². The summed E-state index contributed by atoms with van der Waals surface area (Å²) in [5, 5.41) is 0. The van der Waals surface area contributed by atoms with Crippen LogP contribution in [0, 0.1) is 0 Å². The van der Waals surface area contributed by atoms with Gasteiger partial charge in [0.25, 0.3) is 0 Å². The maximum atomic E-state index is 11.2. The van der Waals surface area contributed by atoms with Gasteiger partial charge in [0.15, 0.2) is 0 Å². The van der Waals surface area contributed by atoms with Crippen LogP contribution in [0.3, 0.4) is 0 Å². The first-order chi connectivity index (χ1) is 14.2. The third kappa shape index (κ3) is 4.38. The average molecular weight is 392 g/mol. The second kappa shape index (κ2) is 8.83. The second-order valence-corrected chi connectivity index (χ2v) is 7.93. The Labute approximate surface area is 173 Å². The van der Waals surface area contributed by atoms with E-state index in [0.29, 0.717) is 13.0 Å². The minimum atomic E-state index is 0.283. The zero-order valence-electron chi connectivity index (χ0n) is 17.4. The summed E-state index contributed by atoms with van der Waals surface area (Å²) in [6.07, 6.45) is 3.72. The Morgan fingerprint density at radius 1 is 1.10 bits per heavy atom. The van der Waals surface area contributed by atoms with Crippen molar-refractivity contribution < 1.29 is 14.3 Å². The summed E-state index contributed by atoms with van der Waals surface area (Å²) >= 11 is 0. The van der Waals surface area contributed by atoms with E-state index in [1.54, 1.807) is 14.0 Å². The Balaban J connectivity index is 1.66. The lowest BCUT2D eigenvalue weighted by Crippen LogP contribution is -2.32. The SMILES string of the molecule is COc1ccc2c(c1)C(=C1CCN(CCCC(C)=O)CC1)c1ccccc1CO2. The van der Waals surface area contributed by atoms with E-state index in [2.05, 4.69) is 35.2 Å². The largest absolute Gasteiger partial charge is 0.497 e. The molecule has 0 aliphatic carbocycles. The molecule has 0 saturated carbocycles. The molecule has 0 radical (unpaired) electrons. The van der Waals surface area contributed by atoms with Crippen molar-refractivity contribution in [2.75, 3.05) is 26.7 Å². The molecule has 2 heterocycles. The van der Waals surface area contributed by atoms with E-state index >= 15 is 0 Å². The number of nitrogens with zero attached hydrogens (tertiary/aromatic N) is 1. The molecule has 0 spiro atoms. The highest BCUT2D eigenvalue weighted by atomic mass is 16.5. The molecule has 152 valence electrons. The van der Waals surface area contributed by atoms with Crippen LogP contribution >= 0.6 is 0 Å². The zero-order valence-corrected chi connectivity index (χ0v) is 17.4. The van der Waals surface area contributed by atoms with Gasteiger partial charge in [0.1, 0.15) is 23.9 Å². The van der Waals surface area contributed by atoms with Gasteiger partial charge >= 0.3 is 0 Å². The predicted octanol–water partition coefficient (Wildman–Crippen LogP) is 4.85. The molecule has 0 unspecified atom stereocenters. The molecule has 4 nitrogen and oxygen atoms in total. The molecular weight excluding hydrogens is 362 g/mol. The van der Waals surface area contributed by atoms with Crippen molar-refractivity contribution in [2.24, 2.45) is 0 Å². The minimum Gasteiger partial charge on any atom is -0.497 e. The monoisotopic (exact) mass is 391 g/mol. The smallest absolute Gasteiger partial charge is 0.129 e. The van der Waals surface area contributed by atoms with Gasteiger partial charge < -0.3 is 19.2 Å². The molecule has 0 N–H and O–H groups in total. The van der Waals surface area contributed by atoms with Gasteiger partial charge in [-0.2, -0.15) is 0 Å². The van der Waals surface area contributed by atoms with Crippen molar-refractivity contribution in [1.29, 1.82) is 0 Å².